The standard InChI is InChI=1S/C12H19NO/c1-3-10(2)14-9-12-6-4-5-11(7-12)8-13/h4-7,10H,3,8-9,13H2,1-2H3. The molecule has 14 heavy (non-hydrogen) atoms. The van der Waals surface area contributed by atoms with E-state index in [1.54, 1.807) is 0 Å². The van der Waals surface area contributed by atoms with Crippen molar-refractivity contribution >= 4 is 0 Å². The molecule has 0 fully saturated rings. The highest BCUT2D eigenvalue weighted by molar-refractivity contribution is 5.22. The molecule has 0 saturated carbocycles. The first-order valence-corrected chi connectivity index (χ1v) is 5.15. The van der Waals surface area contributed by atoms with Crippen LogP contribution in [0.3, 0.4) is 0 Å². The molecule has 1 aromatic carbocycles. The Morgan fingerprint density at radius 1 is 1.36 bits per heavy atom. The Morgan fingerprint density at radius 2 is 2.07 bits per heavy atom. The van der Waals surface area contributed by atoms with Gasteiger partial charge in [0.1, 0.15) is 0 Å². The van der Waals surface area contributed by atoms with Crippen LogP contribution in [-0.4, -0.2) is 6.10 Å². The maximum Gasteiger partial charge on any atom is 0.0720 e. The van der Waals surface area contributed by atoms with Crippen molar-refractivity contribution in [1.29, 1.82) is 0 Å². The molecule has 1 unspecified atom stereocenters. The molecular weight excluding hydrogens is 174 g/mol. The quantitative estimate of drug-likeness (QED) is 0.779. The fourth-order valence-electron chi connectivity index (χ4n) is 1.20. The summed E-state index contributed by atoms with van der Waals surface area (Å²) in [6.45, 7) is 5.49. The lowest BCUT2D eigenvalue weighted by atomic mass is 10.1. The molecule has 0 spiro atoms. The van der Waals surface area contributed by atoms with E-state index in [4.69, 9.17) is 10.5 Å². The van der Waals surface area contributed by atoms with Gasteiger partial charge in [-0.25, -0.2) is 0 Å². The second kappa shape index (κ2) is 5.78. The summed E-state index contributed by atoms with van der Waals surface area (Å²) in [5.74, 6) is 0. The van der Waals surface area contributed by atoms with Crippen LogP contribution in [0.4, 0.5) is 0 Å². The fourth-order valence-corrected chi connectivity index (χ4v) is 1.20. The highest BCUT2D eigenvalue weighted by Gasteiger charge is 1.99. The van der Waals surface area contributed by atoms with Gasteiger partial charge in [0.05, 0.1) is 12.7 Å². The first-order valence-electron chi connectivity index (χ1n) is 5.15. The van der Waals surface area contributed by atoms with E-state index in [1.165, 1.54) is 5.56 Å². The summed E-state index contributed by atoms with van der Waals surface area (Å²) in [4.78, 5) is 0. The molecule has 0 aliphatic heterocycles. The van der Waals surface area contributed by atoms with E-state index >= 15 is 0 Å². The fraction of sp³-hybridized carbons (Fsp3) is 0.500. The van der Waals surface area contributed by atoms with E-state index in [0.717, 1.165) is 12.0 Å². The van der Waals surface area contributed by atoms with Crippen molar-refractivity contribution in [2.45, 2.75) is 39.5 Å². The van der Waals surface area contributed by atoms with Crippen molar-refractivity contribution < 1.29 is 4.74 Å². The van der Waals surface area contributed by atoms with Crippen LogP contribution in [0.2, 0.25) is 0 Å². The molecule has 0 saturated heterocycles. The number of hydrogen-bond donors (Lipinski definition) is 1. The zero-order valence-corrected chi connectivity index (χ0v) is 8.99. The molecule has 2 heteroatoms. The molecule has 0 amide bonds. The van der Waals surface area contributed by atoms with Gasteiger partial charge in [0.25, 0.3) is 0 Å². The van der Waals surface area contributed by atoms with Crippen molar-refractivity contribution in [2.75, 3.05) is 0 Å². The Kier molecular flexibility index (Phi) is 4.63. The molecule has 2 N–H and O–H groups in total. The average molecular weight is 193 g/mol. The van der Waals surface area contributed by atoms with E-state index < -0.39 is 0 Å². The maximum absolute atomic E-state index is 5.64. The van der Waals surface area contributed by atoms with E-state index in [2.05, 4.69) is 26.0 Å². The number of nitrogens with two attached hydrogens (primary N) is 1. The monoisotopic (exact) mass is 193 g/mol. The van der Waals surface area contributed by atoms with Crippen molar-refractivity contribution in [3.05, 3.63) is 35.4 Å². The molecule has 1 rings (SSSR count). The van der Waals surface area contributed by atoms with E-state index in [9.17, 15) is 0 Å². The summed E-state index contributed by atoms with van der Waals surface area (Å²) < 4.78 is 5.64. The summed E-state index contributed by atoms with van der Waals surface area (Å²) >= 11 is 0. The third-order valence-electron chi connectivity index (χ3n) is 2.34. The third-order valence-corrected chi connectivity index (χ3v) is 2.34. The largest absolute Gasteiger partial charge is 0.374 e. The number of rotatable bonds is 5. The van der Waals surface area contributed by atoms with Crippen molar-refractivity contribution in [3.8, 4) is 0 Å². The molecule has 0 radical (unpaired) electrons. The molecule has 2 nitrogen and oxygen atoms in total. The van der Waals surface area contributed by atoms with Crippen molar-refractivity contribution in [1.82, 2.24) is 0 Å². The van der Waals surface area contributed by atoms with Gasteiger partial charge in [-0.15, -0.1) is 0 Å². The summed E-state index contributed by atoms with van der Waals surface area (Å²) in [5.41, 5.74) is 7.92. The van der Waals surface area contributed by atoms with Gasteiger partial charge in [0.2, 0.25) is 0 Å². The normalized spacial score (nSPS) is 12.8. The Morgan fingerprint density at radius 3 is 2.71 bits per heavy atom. The van der Waals surface area contributed by atoms with Gasteiger partial charge >= 0.3 is 0 Å². The van der Waals surface area contributed by atoms with Crippen LogP contribution in [0.15, 0.2) is 24.3 Å². The number of hydrogen-bond acceptors (Lipinski definition) is 2. The summed E-state index contributed by atoms with van der Waals surface area (Å²) in [7, 11) is 0. The van der Waals surface area contributed by atoms with Crippen LogP contribution in [0, 0.1) is 0 Å². The van der Waals surface area contributed by atoms with Gasteiger partial charge in [0.15, 0.2) is 0 Å². The molecule has 0 aromatic heterocycles. The minimum atomic E-state index is 0.330. The Hall–Kier alpha value is -0.860. The first-order chi connectivity index (χ1) is 6.76. The molecule has 1 aromatic rings. The predicted octanol–water partition coefficient (Wildman–Crippen LogP) is 2.46. The van der Waals surface area contributed by atoms with Gasteiger partial charge in [-0.2, -0.15) is 0 Å². The zero-order chi connectivity index (χ0) is 10.4. The molecule has 0 heterocycles. The number of ether oxygens (including phenoxy) is 1. The molecule has 0 aliphatic carbocycles. The SMILES string of the molecule is CCC(C)OCc1cccc(CN)c1. The van der Waals surface area contributed by atoms with Gasteiger partial charge in [-0.1, -0.05) is 31.2 Å². The summed E-state index contributed by atoms with van der Waals surface area (Å²) in [5, 5.41) is 0. The highest BCUT2D eigenvalue weighted by Crippen LogP contribution is 2.08. The van der Waals surface area contributed by atoms with Crippen molar-refractivity contribution in [2.24, 2.45) is 5.73 Å². The van der Waals surface area contributed by atoms with Gasteiger partial charge in [-0.05, 0) is 24.5 Å². The minimum Gasteiger partial charge on any atom is -0.374 e. The highest BCUT2D eigenvalue weighted by atomic mass is 16.5. The lowest BCUT2D eigenvalue weighted by molar-refractivity contribution is 0.0508. The van der Waals surface area contributed by atoms with Gasteiger partial charge < -0.3 is 10.5 Å². The van der Waals surface area contributed by atoms with Crippen molar-refractivity contribution in [3.63, 3.8) is 0 Å². The Labute approximate surface area is 86.1 Å². The maximum atomic E-state index is 5.64. The van der Waals surface area contributed by atoms with Crippen LogP contribution < -0.4 is 5.73 Å². The smallest absolute Gasteiger partial charge is 0.0720 e. The number of benzene rings is 1. The average Bonchev–Trinajstić information content (AvgIpc) is 2.26. The lowest BCUT2D eigenvalue weighted by Crippen LogP contribution is -2.06. The minimum absolute atomic E-state index is 0.330. The molecular formula is C12H19NO. The van der Waals surface area contributed by atoms with Crippen LogP contribution in [0.25, 0.3) is 0 Å². The van der Waals surface area contributed by atoms with Gasteiger partial charge in [-0.3, -0.25) is 0 Å². The second-order valence-corrected chi connectivity index (χ2v) is 3.55. The molecule has 0 bridgehead atoms. The Balaban J connectivity index is 2.50. The second-order valence-electron chi connectivity index (χ2n) is 3.55. The van der Waals surface area contributed by atoms with E-state index in [1.807, 2.05) is 12.1 Å². The lowest BCUT2D eigenvalue weighted by Gasteiger charge is -2.10. The first kappa shape index (κ1) is 11.2. The summed E-state index contributed by atoms with van der Waals surface area (Å²) in [6, 6.07) is 8.23. The van der Waals surface area contributed by atoms with E-state index in [0.29, 0.717) is 19.3 Å². The van der Waals surface area contributed by atoms with Crippen LogP contribution >= 0.6 is 0 Å². The predicted molar refractivity (Wildman–Crippen MR) is 58.9 cm³/mol. The molecule has 78 valence electrons. The molecule has 0 aliphatic rings. The van der Waals surface area contributed by atoms with Gasteiger partial charge in [0, 0.05) is 6.54 Å². The van der Waals surface area contributed by atoms with Crippen LogP contribution in [0.1, 0.15) is 31.4 Å². The molecule has 1 atom stereocenters. The summed E-state index contributed by atoms with van der Waals surface area (Å²) in [6.07, 6.45) is 1.38. The zero-order valence-electron chi connectivity index (χ0n) is 8.99. The topological polar surface area (TPSA) is 35.2 Å². The van der Waals surface area contributed by atoms with E-state index in [-0.39, 0.29) is 0 Å². The van der Waals surface area contributed by atoms with Crippen LogP contribution in [-0.2, 0) is 17.9 Å². The third kappa shape index (κ3) is 3.48. The Bertz CT molecular complexity index is 273. The van der Waals surface area contributed by atoms with Crippen LogP contribution in [0.5, 0.6) is 0 Å².